The quantitative estimate of drug-likeness (QED) is 0.615. The second kappa shape index (κ2) is 9.76. The van der Waals surface area contributed by atoms with Crippen LogP contribution in [0.4, 0.5) is 0 Å². The number of rotatable bonds is 7. The van der Waals surface area contributed by atoms with Crippen molar-refractivity contribution in [3.63, 3.8) is 0 Å². The molecule has 3 aromatic rings. The molecule has 0 saturated heterocycles. The van der Waals surface area contributed by atoms with Crippen LogP contribution in [0.3, 0.4) is 0 Å². The SMILES string of the molecule is Cl.O=C(CN(Cc1ccccc1)Cc1ccccc1)c1cccc(O)c1. The van der Waals surface area contributed by atoms with E-state index in [0.29, 0.717) is 25.2 Å². The molecule has 0 saturated carbocycles. The van der Waals surface area contributed by atoms with Crippen LogP contribution in [0.2, 0.25) is 0 Å². The first kappa shape index (κ1) is 19.7. The fourth-order valence-electron chi connectivity index (χ4n) is 2.82. The third-order valence-electron chi connectivity index (χ3n) is 4.03. The molecule has 0 aliphatic carbocycles. The molecule has 0 heterocycles. The molecule has 0 spiro atoms. The lowest BCUT2D eigenvalue weighted by atomic mass is 10.1. The van der Waals surface area contributed by atoms with E-state index in [4.69, 9.17) is 0 Å². The Morgan fingerprint density at radius 1 is 0.769 bits per heavy atom. The lowest BCUT2D eigenvalue weighted by molar-refractivity contribution is 0.0920. The van der Waals surface area contributed by atoms with E-state index in [1.807, 2.05) is 36.4 Å². The average Bonchev–Trinajstić information content (AvgIpc) is 2.63. The second-order valence-corrected chi connectivity index (χ2v) is 6.09. The molecule has 0 radical (unpaired) electrons. The van der Waals surface area contributed by atoms with Crippen LogP contribution in [-0.4, -0.2) is 22.3 Å². The van der Waals surface area contributed by atoms with Crippen molar-refractivity contribution in [2.45, 2.75) is 13.1 Å². The Balaban J connectivity index is 0.00000243. The number of aromatic hydroxyl groups is 1. The molecule has 134 valence electrons. The predicted octanol–water partition coefficient (Wildman–Crippen LogP) is 4.70. The van der Waals surface area contributed by atoms with Crippen LogP contribution in [-0.2, 0) is 13.1 Å². The normalized spacial score (nSPS) is 10.3. The van der Waals surface area contributed by atoms with E-state index in [-0.39, 0.29) is 23.9 Å². The molecular formula is C22H22ClNO2. The summed E-state index contributed by atoms with van der Waals surface area (Å²) in [6.45, 7) is 1.69. The van der Waals surface area contributed by atoms with Gasteiger partial charge in [0.1, 0.15) is 5.75 Å². The fourth-order valence-corrected chi connectivity index (χ4v) is 2.82. The number of phenols is 1. The number of nitrogens with zero attached hydrogens (tertiary/aromatic N) is 1. The summed E-state index contributed by atoms with van der Waals surface area (Å²) in [5.41, 5.74) is 2.87. The Kier molecular flexibility index (Phi) is 7.39. The van der Waals surface area contributed by atoms with Gasteiger partial charge in [-0.25, -0.2) is 0 Å². The third kappa shape index (κ3) is 5.73. The number of ketones is 1. The number of carbonyl (C=O) groups is 1. The number of carbonyl (C=O) groups excluding carboxylic acids is 1. The molecule has 0 atom stereocenters. The van der Waals surface area contributed by atoms with E-state index in [2.05, 4.69) is 29.2 Å². The molecule has 0 aliphatic rings. The van der Waals surface area contributed by atoms with Gasteiger partial charge in [0, 0.05) is 18.7 Å². The summed E-state index contributed by atoms with van der Waals surface area (Å²) >= 11 is 0. The molecule has 0 aliphatic heterocycles. The van der Waals surface area contributed by atoms with E-state index in [1.165, 1.54) is 17.2 Å². The molecule has 0 fully saturated rings. The first-order valence-corrected chi connectivity index (χ1v) is 8.33. The largest absolute Gasteiger partial charge is 0.508 e. The fraction of sp³-hybridized carbons (Fsp3) is 0.136. The van der Waals surface area contributed by atoms with Gasteiger partial charge < -0.3 is 5.11 Å². The van der Waals surface area contributed by atoms with Gasteiger partial charge in [-0.1, -0.05) is 72.8 Å². The zero-order valence-electron chi connectivity index (χ0n) is 14.4. The minimum absolute atomic E-state index is 0. The number of Topliss-reactive ketones (excluding diaryl/α,β-unsaturated/α-hetero) is 1. The highest BCUT2D eigenvalue weighted by Gasteiger charge is 2.14. The first-order chi connectivity index (χ1) is 12.2. The Morgan fingerprint density at radius 2 is 1.31 bits per heavy atom. The molecule has 0 bridgehead atoms. The van der Waals surface area contributed by atoms with Crippen molar-refractivity contribution in [1.29, 1.82) is 0 Å². The summed E-state index contributed by atoms with van der Waals surface area (Å²) in [6.07, 6.45) is 0. The Labute approximate surface area is 160 Å². The van der Waals surface area contributed by atoms with Gasteiger partial charge in [0.15, 0.2) is 5.78 Å². The molecule has 3 nitrogen and oxygen atoms in total. The van der Waals surface area contributed by atoms with Crippen molar-refractivity contribution < 1.29 is 9.90 Å². The molecule has 4 heteroatoms. The topological polar surface area (TPSA) is 40.5 Å². The van der Waals surface area contributed by atoms with Gasteiger partial charge in [-0.15, -0.1) is 12.4 Å². The van der Waals surface area contributed by atoms with Gasteiger partial charge in [-0.3, -0.25) is 9.69 Å². The van der Waals surface area contributed by atoms with Crippen LogP contribution in [0.5, 0.6) is 5.75 Å². The standard InChI is InChI=1S/C22H21NO2.ClH/c24-21-13-7-12-20(14-21)22(25)17-23(15-18-8-3-1-4-9-18)16-19-10-5-2-6-11-19;/h1-14,24H,15-17H2;1H. The van der Waals surface area contributed by atoms with Crippen LogP contribution < -0.4 is 0 Å². The summed E-state index contributed by atoms with van der Waals surface area (Å²) in [7, 11) is 0. The van der Waals surface area contributed by atoms with Crippen molar-refractivity contribution >= 4 is 18.2 Å². The van der Waals surface area contributed by atoms with Gasteiger partial charge in [-0.2, -0.15) is 0 Å². The smallest absolute Gasteiger partial charge is 0.176 e. The van der Waals surface area contributed by atoms with Gasteiger partial charge >= 0.3 is 0 Å². The van der Waals surface area contributed by atoms with Gasteiger partial charge in [0.2, 0.25) is 0 Å². The van der Waals surface area contributed by atoms with Crippen molar-refractivity contribution in [1.82, 2.24) is 4.90 Å². The zero-order chi connectivity index (χ0) is 17.5. The second-order valence-electron chi connectivity index (χ2n) is 6.09. The highest BCUT2D eigenvalue weighted by molar-refractivity contribution is 5.97. The van der Waals surface area contributed by atoms with Crippen molar-refractivity contribution in [2.24, 2.45) is 0 Å². The maximum atomic E-state index is 12.6. The molecule has 0 aromatic heterocycles. The van der Waals surface area contributed by atoms with Gasteiger partial charge in [0.05, 0.1) is 6.54 Å². The highest BCUT2D eigenvalue weighted by Crippen LogP contribution is 2.14. The Hall–Kier alpha value is -2.62. The lowest BCUT2D eigenvalue weighted by Crippen LogP contribution is -2.29. The summed E-state index contributed by atoms with van der Waals surface area (Å²) in [4.78, 5) is 14.8. The van der Waals surface area contributed by atoms with E-state index >= 15 is 0 Å². The van der Waals surface area contributed by atoms with E-state index in [1.54, 1.807) is 18.2 Å². The summed E-state index contributed by atoms with van der Waals surface area (Å²) < 4.78 is 0. The van der Waals surface area contributed by atoms with Gasteiger partial charge in [0.25, 0.3) is 0 Å². The predicted molar refractivity (Wildman–Crippen MR) is 107 cm³/mol. The minimum Gasteiger partial charge on any atom is -0.508 e. The number of phenolic OH excluding ortho intramolecular Hbond substituents is 1. The maximum absolute atomic E-state index is 12.6. The molecule has 3 aromatic carbocycles. The van der Waals surface area contributed by atoms with Crippen LogP contribution in [0.1, 0.15) is 21.5 Å². The summed E-state index contributed by atoms with van der Waals surface area (Å²) in [5.74, 6) is 0.117. The van der Waals surface area contributed by atoms with Crippen LogP contribution in [0, 0.1) is 0 Å². The Bertz CT molecular complexity index is 780. The van der Waals surface area contributed by atoms with E-state index < -0.39 is 0 Å². The van der Waals surface area contributed by atoms with Crippen LogP contribution >= 0.6 is 12.4 Å². The van der Waals surface area contributed by atoms with Crippen LogP contribution in [0.15, 0.2) is 84.9 Å². The minimum atomic E-state index is 0. The third-order valence-corrected chi connectivity index (χ3v) is 4.03. The van der Waals surface area contributed by atoms with Crippen molar-refractivity contribution in [3.05, 3.63) is 102 Å². The van der Waals surface area contributed by atoms with E-state index in [0.717, 1.165) is 0 Å². The molecule has 0 unspecified atom stereocenters. The summed E-state index contributed by atoms with van der Waals surface area (Å²) in [5, 5.41) is 9.60. The number of hydrogen-bond donors (Lipinski definition) is 1. The number of hydrogen-bond acceptors (Lipinski definition) is 3. The molecule has 26 heavy (non-hydrogen) atoms. The van der Waals surface area contributed by atoms with Gasteiger partial charge in [-0.05, 0) is 23.3 Å². The molecule has 3 rings (SSSR count). The molecular weight excluding hydrogens is 346 g/mol. The van der Waals surface area contributed by atoms with E-state index in [9.17, 15) is 9.90 Å². The Morgan fingerprint density at radius 3 is 1.81 bits per heavy atom. The number of benzene rings is 3. The monoisotopic (exact) mass is 367 g/mol. The van der Waals surface area contributed by atoms with Crippen LogP contribution in [0.25, 0.3) is 0 Å². The zero-order valence-corrected chi connectivity index (χ0v) is 15.2. The van der Waals surface area contributed by atoms with Crippen molar-refractivity contribution in [2.75, 3.05) is 6.54 Å². The number of halogens is 1. The average molecular weight is 368 g/mol. The molecule has 0 amide bonds. The van der Waals surface area contributed by atoms with Crippen molar-refractivity contribution in [3.8, 4) is 5.75 Å². The first-order valence-electron chi connectivity index (χ1n) is 8.33. The highest BCUT2D eigenvalue weighted by atomic mass is 35.5. The maximum Gasteiger partial charge on any atom is 0.176 e. The summed E-state index contributed by atoms with van der Waals surface area (Å²) in [6, 6.07) is 26.8. The molecule has 1 N–H and O–H groups in total. The lowest BCUT2D eigenvalue weighted by Gasteiger charge is -2.22.